The number of para-hydroxylation sites is 1. The van der Waals surface area contributed by atoms with Crippen LogP contribution in [0.25, 0.3) is 0 Å². The largest absolute Gasteiger partial charge is 0.356 e. The molecule has 2 N–H and O–H groups in total. The third-order valence-corrected chi connectivity index (χ3v) is 8.10. The molecule has 3 aromatic carbocycles. The number of anilines is 1. The molecule has 10 heteroatoms. The van der Waals surface area contributed by atoms with Gasteiger partial charge in [0.05, 0.1) is 17.4 Å². The van der Waals surface area contributed by atoms with Crippen LogP contribution < -0.4 is 10.6 Å². The Morgan fingerprint density at radius 3 is 2.50 bits per heavy atom. The summed E-state index contributed by atoms with van der Waals surface area (Å²) in [4.78, 5) is 50.3. The summed E-state index contributed by atoms with van der Waals surface area (Å²) in [5.41, 5.74) is 3.12. The molecule has 0 radical (unpaired) electrons. The van der Waals surface area contributed by atoms with E-state index in [4.69, 9.17) is 16.6 Å². The molecule has 5 rings (SSSR count). The predicted molar refractivity (Wildman–Crippen MR) is 160 cm³/mol. The molecule has 0 spiro atoms. The van der Waals surface area contributed by atoms with E-state index in [2.05, 4.69) is 15.6 Å². The Kier molecular flexibility index (Phi) is 8.62. The summed E-state index contributed by atoms with van der Waals surface area (Å²) in [6.45, 7) is 2.37. The number of hydrogen-bond donors (Lipinski definition) is 2. The van der Waals surface area contributed by atoms with Gasteiger partial charge < -0.3 is 10.6 Å². The number of amidine groups is 2. The van der Waals surface area contributed by atoms with Gasteiger partial charge in [-0.2, -0.15) is 0 Å². The maximum absolute atomic E-state index is 13.6. The maximum atomic E-state index is 13.6. The molecule has 0 aliphatic carbocycles. The molecule has 0 saturated heterocycles. The molecular formula is C30H28ClN5O3S. The standard InChI is InChI=1S/C30H28ClN5O3S/c1-2-25(28(38)33-21-14-12-20(31)13-15-21)40-30-35-23-11-7-6-10-22(23)27-34-24(29(39)36(27)30)18-26(37)32-17-16-19-8-4-3-5-9-19/h3-15,24-25H,2,16-18H2,1H3,(H,32,37)(H,33,38)/t24-,25-/m0/s1. The van der Waals surface area contributed by atoms with Crippen molar-refractivity contribution in [3.8, 4) is 0 Å². The van der Waals surface area contributed by atoms with Crippen molar-refractivity contribution in [3.63, 3.8) is 0 Å². The Morgan fingerprint density at radius 1 is 1.02 bits per heavy atom. The predicted octanol–water partition coefficient (Wildman–Crippen LogP) is 5.20. The number of carbonyl (C=O) groups is 3. The number of rotatable bonds is 9. The summed E-state index contributed by atoms with van der Waals surface area (Å²) in [6.07, 6.45) is 1.14. The first kappa shape index (κ1) is 27.6. The quantitative estimate of drug-likeness (QED) is 0.367. The normalized spacial score (nSPS) is 16.4. The first-order valence-electron chi connectivity index (χ1n) is 13.1. The first-order valence-corrected chi connectivity index (χ1v) is 14.3. The van der Waals surface area contributed by atoms with Gasteiger partial charge in [0.25, 0.3) is 5.91 Å². The smallest absolute Gasteiger partial charge is 0.259 e. The summed E-state index contributed by atoms with van der Waals surface area (Å²) in [6, 6.07) is 23.3. The molecule has 2 heterocycles. The number of carbonyl (C=O) groups excluding carboxylic acids is 3. The second-order valence-corrected chi connectivity index (χ2v) is 11.0. The maximum Gasteiger partial charge on any atom is 0.259 e. The van der Waals surface area contributed by atoms with Crippen molar-refractivity contribution in [2.24, 2.45) is 9.98 Å². The van der Waals surface area contributed by atoms with Crippen LogP contribution in [0.15, 0.2) is 88.8 Å². The molecule has 40 heavy (non-hydrogen) atoms. The highest BCUT2D eigenvalue weighted by Gasteiger charge is 2.43. The number of halogens is 1. The van der Waals surface area contributed by atoms with E-state index in [9.17, 15) is 14.4 Å². The number of nitrogens with zero attached hydrogens (tertiary/aromatic N) is 3. The van der Waals surface area contributed by atoms with E-state index in [0.717, 1.165) is 5.56 Å². The fourth-order valence-electron chi connectivity index (χ4n) is 4.46. The van der Waals surface area contributed by atoms with Crippen LogP contribution in [0.1, 0.15) is 30.9 Å². The highest BCUT2D eigenvalue weighted by molar-refractivity contribution is 8.15. The van der Waals surface area contributed by atoms with Crippen molar-refractivity contribution in [2.45, 2.75) is 37.5 Å². The van der Waals surface area contributed by atoms with Crippen LogP contribution in [0.5, 0.6) is 0 Å². The zero-order chi connectivity index (χ0) is 28.1. The summed E-state index contributed by atoms with van der Waals surface area (Å²) in [5, 5.41) is 6.23. The van der Waals surface area contributed by atoms with Crippen molar-refractivity contribution < 1.29 is 14.4 Å². The second kappa shape index (κ2) is 12.5. The van der Waals surface area contributed by atoms with E-state index in [0.29, 0.717) is 52.4 Å². The average Bonchev–Trinajstić information content (AvgIpc) is 3.29. The molecular weight excluding hydrogens is 546 g/mol. The number of hydrogen-bond acceptors (Lipinski definition) is 6. The van der Waals surface area contributed by atoms with Gasteiger partial charge in [-0.15, -0.1) is 0 Å². The van der Waals surface area contributed by atoms with Gasteiger partial charge in [0, 0.05) is 22.8 Å². The zero-order valence-electron chi connectivity index (χ0n) is 21.8. The molecule has 2 aliphatic rings. The molecule has 3 aromatic rings. The summed E-state index contributed by atoms with van der Waals surface area (Å²) >= 11 is 7.17. The van der Waals surface area contributed by atoms with Gasteiger partial charge in [0.1, 0.15) is 11.9 Å². The van der Waals surface area contributed by atoms with E-state index in [1.807, 2.05) is 61.5 Å². The van der Waals surface area contributed by atoms with Crippen LogP contribution in [0.2, 0.25) is 5.02 Å². The van der Waals surface area contributed by atoms with Gasteiger partial charge in [-0.25, -0.2) is 9.89 Å². The number of thioether (sulfide) groups is 1. The lowest BCUT2D eigenvalue weighted by atomic mass is 10.1. The van der Waals surface area contributed by atoms with Gasteiger partial charge in [-0.3, -0.25) is 19.4 Å². The molecule has 0 saturated carbocycles. The van der Waals surface area contributed by atoms with Gasteiger partial charge >= 0.3 is 0 Å². The minimum absolute atomic E-state index is 0.0675. The fourth-order valence-corrected chi connectivity index (χ4v) is 5.60. The number of amides is 3. The second-order valence-electron chi connectivity index (χ2n) is 9.35. The van der Waals surface area contributed by atoms with Crippen molar-refractivity contribution >= 4 is 63.5 Å². The third-order valence-electron chi connectivity index (χ3n) is 6.53. The molecule has 0 bridgehead atoms. The molecule has 8 nitrogen and oxygen atoms in total. The topological polar surface area (TPSA) is 103 Å². The van der Waals surface area contributed by atoms with Gasteiger partial charge in [-0.1, -0.05) is 72.8 Å². The molecule has 0 unspecified atom stereocenters. The molecule has 3 amide bonds. The van der Waals surface area contributed by atoms with Crippen LogP contribution in [0, 0.1) is 0 Å². The molecule has 2 aliphatic heterocycles. The lowest BCUT2D eigenvalue weighted by molar-refractivity contribution is -0.128. The number of aliphatic imine (C=N–C) groups is 2. The van der Waals surface area contributed by atoms with Crippen LogP contribution in [0.4, 0.5) is 11.4 Å². The minimum Gasteiger partial charge on any atom is -0.356 e. The molecule has 0 aromatic heterocycles. The van der Waals surface area contributed by atoms with E-state index < -0.39 is 11.3 Å². The van der Waals surface area contributed by atoms with Crippen LogP contribution >= 0.6 is 23.4 Å². The number of fused-ring (bicyclic) bond motifs is 3. The Labute approximate surface area is 241 Å². The first-order chi connectivity index (χ1) is 19.4. The Bertz CT molecular complexity index is 1480. The van der Waals surface area contributed by atoms with Gasteiger partial charge in [-0.05, 0) is 54.8 Å². The van der Waals surface area contributed by atoms with E-state index in [1.54, 1.807) is 24.3 Å². The highest BCUT2D eigenvalue weighted by Crippen LogP contribution is 2.36. The van der Waals surface area contributed by atoms with Crippen molar-refractivity contribution in [2.75, 3.05) is 11.9 Å². The lowest BCUT2D eigenvalue weighted by Gasteiger charge is -2.27. The third kappa shape index (κ3) is 6.26. The molecule has 204 valence electrons. The minimum atomic E-state index is -0.869. The average molecular weight is 574 g/mol. The number of benzene rings is 3. The Morgan fingerprint density at radius 2 is 1.75 bits per heavy atom. The molecule has 0 fully saturated rings. The lowest BCUT2D eigenvalue weighted by Crippen LogP contribution is -2.43. The summed E-state index contributed by atoms with van der Waals surface area (Å²) in [5.74, 6) is -0.336. The Balaban J connectivity index is 1.30. The van der Waals surface area contributed by atoms with E-state index in [-0.39, 0.29) is 24.1 Å². The molecule has 2 atom stereocenters. The van der Waals surface area contributed by atoms with Crippen molar-refractivity contribution in [1.29, 1.82) is 0 Å². The summed E-state index contributed by atoms with van der Waals surface area (Å²) < 4.78 is 0. The fraction of sp³-hybridized carbons (Fsp3) is 0.233. The van der Waals surface area contributed by atoms with Crippen LogP contribution in [-0.4, -0.2) is 51.5 Å². The Hall–Kier alpha value is -3.95. The SMILES string of the molecule is CC[C@H](SC1=Nc2ccccc2C2=N[C@@H](CC(=O)NCCc3ccccc3)C(=O)N12)C(=O)Nc1ccc(Cl)cc1. The van der Waals surface area contributed by atoms with Crippen LogP contribution in [0.3, 0.4) is 0 Å². The summed E-state index contributed by atoms with van der Waals surface area (Å²) in [7, 11) is 0. The van der Waals surface area contributed by atoms with E-state index >= 15 is 0 Å². The zero-order valence-corrected chi connectivity index (χ0v) is 23.4. The van der Waals surface area contributed by atoms with E-state index in [1.165, 1.54) is 16.7 Å². The van der Waals surface area contributed by atoms with Crippen molar-refractivity contribution in [1.82, 2.24) is 10.2 Å². The monoisotopic (exact) mass is 573 g/mol. The highest BCUT2D eigenvalue weighted by atomic mass is 35.5. The number of nitrogens with one attached hydrogen (secondary N) is 2. The van der Waals surface area contributed by atoms with Gasteiger partial charge in [0.15, 0.2) is 5.17 Å². The van der Waals surface area contributed by atoms with Gasteiger partial charge in [0.2, 0.25) is 11.8 Å². The van der Waals surface area contributed by atoms with Crippen LogP contribution in [-0.2, 0) is 20.8 Å². The van der Waals surface area contributed by atoms with Crippen molar-refractivity contribution in [3.05, 3.63) is 95.0 Å².